The molecule has 2 aromatic carbocycles. The Hall–Kier alpha value is -3.26. The van der Waals surface area contributed by atoms with Gasteiger partial charge in [-0.15, -0.1) is 0 Å². The summed E-state index contributed by atoms with van der Waals surface area (Å²) in [5.74, 6) is 0.181. The fraction of sp³-hybridized carbons (Fsp3) is 0.227. The van der Waals surface area contributed by atoms with Crippen LogP contribution < -0.4 is 14.8 Å². The van der Waals surface area contributed by atoms with Crippen molar-refractivity contribution in [1.29, 1.82) is 0 Å². The number of likely N-dealkylation sites (N-methyl/N-ethyl adjacent to an activating group) is 1. The maximum absolute atomic E-state index is 12.2. The van der Waals surface area contributed by atoms with Crippen LogP contribution in [0.4, 0.5) is 10.5 Å². The van der Waals surface area contributed by atoms with Gasteiger partial charge in [-0.1, -0.05) is 12.1 Å². The van der Waals surface area contributed by atoms with Crippen LogP contribution in [0.1, 0.15) is 16.7 Å². The summed E-state index contributed by atoms with van der Waals surface area (Å²) in [7, 11) is 2.93. The van der Waals surface area contributed by atoms with Gasteiger partial charge in [-0.25, -0.2) is 0 Å². The molecule has 0 aromatic heterocycles. The summed E-state index contributed by atoms with van der Waals surface area (Å²) in [5, 5.41) is 2.49. The van der Waals surface area contributed by atoms with E-state index in [1.54, 1.807) is 24.3 Å². The first kappa shape index (κ1) is 21.4. The van der Waals surface area contributed by atoms with E-state index in [0.717, 1.165) is 27.8 Å². The number of methoxy groups -OCH3 is 1. The average molecular weight is 426 g/mol. The average Bonchev–Trinajstić information content (AvgIpc) is 2.96. The Balaban J connectivity index is 1.66. The molecular formula is C22H22N2O5S. The summed E-state index contributed by atoms with van der Waals surface area (Å²) in [4.78, 5) is 37.3. The molecule has 1 saturated heterocycles. The summed E-state index contributed by atoms with van der Waals surface area (Å²) in [6, 6.07) is 10.8. The van der Waals surface area contributed by atoms with Crippen molar-refractivity contribution in [2.75, 3.05) is 26.1 Å². The number of aryl methyl sites for hydroxylation is 2. The van der Waals surface area contributed by atoms with E-state index in [1.807, 2.05) is 32.0 Å². The number of carbonyl (C=O) groups excluding carboxylic acids is 3. The first-order valence-corrected chi connectivity index (χ1v) is 9.99. The predicted molar refractivity (Wildman–Crippen MR) is 117 cm³/mol. The second-order valence-corrected chi connectivity index (χ2v) is 7.78. The first-order chi connectivity index (χ1) is 14.3. The molecule has 0 atom stereocenters. The molecule has 0 spiro atoms. The summed E-state index contributed by atoms with van der Waals surface area (Å²) in [5.41, 5.74) is 3.63. The summed E-state index contributed by atoms with van der Waals surface area (Å²) < 4.78 is 10.9. The second kappa shape index (κ2) is 9.04. The third kappa shape index (κ3) is 4.83. The zero-order valence-electron chi connectivity index (χ0n) is 17.1. The molecule has 0 radical (unpaired) electrons. The maximum Gasteiger partial charge on any atom is 0.293 e. The minimum atomic E-state index is -0.340. The van der Waals surface area contributed by atoms with Crippen molar-refractivity contribution in [1.82, 2.24) is 4.90 Å². The summed E-state index contributed by atoms with van der Waals surface area (Å²) in [6.45, 7) is 3.81. The van der Waals surface area contributed by atoms with Crippen molar-refractivity contribution in [3.8, 4) is 11.5 Å². The smallest absolute Gasteiger partial charge is 0.293 e. The van der Waals surface area contributed by atoms with Crippen LogP contribution in [0, 0.1) is 13.8 Å². The number of hydrogen-bond acceptors (Lipinski definition) is 6. The first-order valence-electron chi connectivity index (χ1n) is 9.18. The van der Waals surface area contributed by atoms with Crippen molar-refractivity contribution < 1.29 is 23.9 Å². The number of nitrogens with zero attached hydrogens (tertiary/aromatic N) is 1. The van der Waals surface area contributed by atoms with E-state index in [1.165, 1.54) is 14.2 Å². The number of carbonyl (C=O) groups is 3. The minimum absolute atomic E-state index is 0.183. The molecule has 1 N–H and O–H groups in total. The van der Waals surface area contributed by atoms with Gasteiger partial charge in [0.05, 0.1) is 12.0 Å². The third-order valence-electron chi connectivity index (χ3n) is 4.62. The molecular weight excluding hydrogens is 404 g/mol. The molecule has 2 aromatic rings. The molecule has 1 fully saturated rings. The number of benzene rings is 2. The molecule has 0 unspecified atom stereocenters. The van der Waals surface area contributed by atoms with E-state index >= 15 is 0 Å². The molecule has 8 heteroatoms. The second-order valence-electron chi connectivity index (χ2n) is 6.79. The van der Waals surface area contributed by atoms with E-state index < -0.39 is 0 Å². The van der Waals surface area contributed by atoms with Gasteiger partial charge in [-0.2, -0.15) is 0 Å². The van der Waals surface area contributed by atoms with Crippen LogP contribution in [-0.4, -0.2) is 42.7 Å². The Morgan fingerprint density at radius 2 is 1.87 bits per heavy atom. The van der Waals surface area contributed by atoms with E-state index in [9.17, 15) is 14.4 Å². The zero-order chi connectivity index (χ0) is 21.8. The van der Waals surface area contributed by atoms with E-state index in [4.69, 9.17) is 9.47 Å². The lowest BCUT2D eigenvalue weighted by molar-refractivity contribution is -0.121. The Labute approximate surface area is 179 Å². The van der Waals surface area contributed by atoms with Crippen molar-refractivity contribution in [3.05, 3.63) is 58.0 Å². The fourth-order valence-corrected chi connectivity index (χ4v) is 3.58. The topological polar surface area (TPSA) is 84.9 Å². The number of imide groups is 1. The van der Waals surface area contributed by atoms with Crippen LogP contribution in [0.25, 0.3) is 6.08 Å². The molecule has 30 heavy (non-hydrogen) atoms. The number of thioether (sulfide) groups is 1. The Kier molecular flexibility index (Phi) is 6.47. The fourth-order valence-electron chi connectivity index (χ4n) is 2.75. The van der Waals surface area contributed by atoms with Crippen molar-refractivity contribution in [2.24, 2.45) is 0 Å². The van der Waals surface area contributed by atoms with Crippen LogP contribution >= 0.6 is 11.8 Å². The summed E-state index contributed by atoms with van der Waals surface area (Å²) in [6.07, 6.45) is 1.62. The van der Waals surface area contributed by atoms with Gasteiger partial charge >= 0.3 is 0 Å². The lowest BCUT2D eigenvalue weighted by Crippen LogP contribution is -2.22. The van der Waals surface area contributed by atoms with Gasteiger partial charge < -0.3 is 14.8 Å². The van der Waals surface area contributed by atoms with Gasteiger partial charge in [0.25, 0.3) is 17.1 Å². The van der Waals surface area contributed by atoms with E-state index in [0.29, 0.717) is 27.7 Å². The molecule has 3 amide bonds. The van der Waals surface area contributed by atoms with E-state index in [2.05, 4.69) is 5.32 Å². The monoisotopic (exact) mass is 426 g/mol. The number of ether oxygens (including phenoxy) is 2. The standard InChI is InChI=1S/C22H22N2O5S/c1-13-5-7-16(9-14(13)2)23-20(25)12-29-17-8-6-15(10-18(17)28-4)11-19-21(26)24(3)22(27)30-19/h5-11H,12H2,1-4H3,(H,23,25)/b19-11+. The van der Waals surface area contributed by atoms with Crippen molar-refractivity contribution >= 4 is 40.6 Å². The van der Waals surface area contributed by atoms with Gasteiger partial charge in [-0.3, -0.25) is 19.3 Å². The van der Waals surface area contributed by atoms with Crippen LogP contribution in [0.15, 0.2) is 41.3 Å². The molecule has 1 aliphatic heterocycles. The molecule has 3 rings (SSSR count). The van der Waals surface area contributed by atoms with Crippen molar-refractivity contribution in [2.45, 2.75) is 13.8 Å². The van der Waals surface area contributed by atoms with Crippen molar-refractivity contribution in [3.63, 3.8) is 0 Å². The lowest BCUT2D eigenvalue weighted by atomic mass is 10.1. The minimum Gasteiger partial charge on any atom is -0.493 e. The highest BCUT2D eigenvalue weighted by atomic mass is 32.2. The van der Waals surface area contributed by atoms with Gasteiger partial charge in [-0.05, 0) is 72.6 Å². The highest BCUT2D eigenvalue weighted by Crippen LogP contribution is 2.33. The van der Waals surface area contributed by atoms with Gasteiger partial charge in [0.1, 0.15) is 0 Å². The zero-order valence-corrected chi connectivity index (χ0v) is 18.0. The predicted octanol–water partition coefficient (Wildman–Crippen LogP) is 4.00. The van der Waals surface area contributed by atoms with Crippen LogP contribution in [-0.2, 0) is 9.59 Å². The number of amides is 3. The number of nitrogens with one attached hydrogen (secondary N) is 1. The Morgan fingerprint density at radius 3 is 2.50 bits per heavy atom. The highest BCUT2D eigenvalue weighted by Gasteiger charge is 2.31. The number of rotatable bonds is 6. The van der Waals surface area contributed by atoms with Crippen LogP contribution in [0.5, 0.6) is 11.5 Å². The molecule has 0 aliphatic carbocycles. The van der Waals surface area contributed by atoms with Crippen LogP contribution in [0.2, 0.25) is 0 Å². The quantitative estimate of drug-likeness (QED) is 0.703. The SMILES string of the molecule is COc1cc(/C=C2/SC(=O)N(C)C2=O)ccc1OCC(=O)Nc1ccc(C)c(C)c1. The largest absolute Gasteiger partial charge is 0.493 e. The third-order valence-corrected chi connectivity index (χ3v) is 5.58. The van der Waals surface area contributed by atoms with Gasteiger partial charge in [0, 0.05) is 12.7 Å². The number of anilines is 1. The highest BCUT2D eigenvalue weighted by molar-refractivity contribution is 8.18. The van der Waals surface area contributed by atoms with E-state index in [-0.39, 0.29) is 23.7 Å². The van der Waals surface area contributed by atoms with Crippen LogP contribution in [0.3, 0.4) is 0 Å². The summed E-state index contributed by atoms with van der Waals surface area (Å²) >= 11 is 0.885. The maximum atomic E-state index is 12.2. The molecule has 1 heterocycles. The lowest BCUT2D eigenvalue weighted by Gasteiger charge is -2.12. The van der Waals surface area contributed by atoms with Gasteiger partial charge in [0.15, 0.2) is 18.1 Å². The normalized spacial score (nSPS) is 14.9. The molecule has 0 saturated carbocycles. The number of hydrogen-bond donors (Lipinski definition) is 1. The van der Waals surface area contributed by atoms with Gasteiger partial charge in [0.2, 0.25) is 0 Å². The molecule has 7 nitrogen and oxygen atoms in total. The molecule has 156 valence electrons. The molecule has 1 aliphatic rings. The Morgan fingerprint density at radius 1 is 1.10 bits per heavy atom. The Bertz CT molecular complexity index is 1050. The molecule has 0 bridgehead atoms.